The summed E-state index contributed by atoms with van der Waals surface area (Å²) in [6, 6.07) is 4.29. The molecule has 8 heteroatoms. The predicted molar refractivity (Wildman–Crippen MR) is 116 cm³/mol. The zero-order chi connectivity index (χ0) is 24.6. The third-order valence-corrected chi connectivity index (χ3v) is 5.18. The van der Waals surface area contributed by atoms with Crippen LogP contribution in [0.15, 0.2) is 18.2 Å². The maximum atomic E-state index is 13.3. The lowest BCUT2D eigenvalue weighted by atomic mass is 9.61. The summed E-state index contributed by atoms with van der Waals surface area (Å²) in [5.74, 6) is -5.79. The minimum atomic E-state index is -1.77. The fourth-order valence-corrected chi connectivity index (χ4v) is 4.05. The molecular weight excluding hydrogens is 416 g/mol. The molecule has 178 valence electrons. The highest BCUT2D eigenvalue weighted by atomic mass is 16.6. The van der Waals surface area contributed by atoms with Crippen LogP contribution in [0.5, 0.6) is 11.5 Å². The van der Waals surface area contributed by atoms with Crippen molar-refractivity contribution in [2.24, 2.45) is 11.8 Å². The van der Waals surface area contributed by atoms with Gasteiger partial charge < -0.3 is 24.4 Å². The first-order valence-electron chi connectivity index (χ1n) is 10.5. The minimum absolute atomic E-state index is 0.103. The topological polar surface area (TPSA) is 119 Å². The Bertz CT molecular complexity index is 888. The van der Waals surface area contributed by atoms with Crippen molar-refractivity contribution >= 4 is 17.7 Å². The minimum Gasteiger partial charge on any atom is -0.504 e. The fraction of sp³-hybridized carbons (Fsp3) is 0.625. The van der Waals surface area contributed by atoms with E-state index >= 15 is 0 Å². The van der Waals surface area contributed by atoms with Crippen molar-refractivity contribution in [1.82, 2.24) is 0 Å². The zero-order valence-electron chi connectivity index (χ0n) is 20.0. The highest BCUT2D eigenvalue weighted by Crippen LogP contribution is 2.48. The van der Waals surface area contributed by atoms with E-state index in [0.29, 0.717) is 5.56 Å². The van der Waals surface area contributed by atoms with Gasteiger partial charge in [0.05, 0.1) is 18.6 Å². The van der Waals surface area contributed by atoms with Crippen LogP contribution in [0.1, 0.15) is 66.4 Å². The number of phenolic OH excluding ortho intramolecular Hbond substituents is 1. The van der Waals surface area contributed by atoms with Gasteiger partial charge in [-0.15, -0.1) is 0 Å². The molecular formula is C24H34O8. The molecule has 0 aliphatic heterocycles. The summed E-state index contributed by atoms with van der Waals surface area (Å²) >= 11 is 0. The van der Waals surface area contributed by atoms with E-state index in [1.807, 2.05) is 0 Å². The van der Waals surface area contributed by atoms with Crippen molar-refractivity contribution in [1.29, 1.82) is 0 Å². The number of aromatic hydroxyl groups is 1. The Hall–Kier alpha value is -2.61. The van der Waals surface area contributed by atoms with Gasteiger partial charge in [-0.05, 0) is 66.2 Å². The van der Waals surface area contributed by atoms with E-state index in [4.69, 9.17) is 14.2 Å². The van der Waals surface area contributed by atoms with Gasteiger partial charge in [0.15, 0.2) is 17.3 Å². The molecule has 2 rings (SSSR count). The van der Waals surface area contributed by atoms with Gasteiger partial charge in [0.1, 0.15) is 17.1 Å². The van der Waals surface area contributed by atoms with Gasteiger partial charge in [0.25, 0.3) is 0 Å². The van der Waals surface area contributed by atoms with Gasteiger partial charge in [-0.3, -0.25) is 14.4 Å². The summed E-state index contributed by atoms with van der Waals surface area (Å²) in [4.78, 5) is 39.5. The second-order valence-corrected chi connectivity index (χ2v) is 10.5. The monoisotopic (exact) mass is 450 g/mol. The van der Waals surface area contributed by atoms with Crippen LogP contribution in [0.4, 0.5) is 0 Å². The molecule has 0 bridgehead atoms. The van der Waals surface area contributed by atoms with E-state index in [1.54, 1.807) is 41.5 Å². The number of carbonyl (C=O) groups is 3. The molecule has 1 aromatic rings. The molecule has 1 aliphatic rings. The molecule has 0 spiro atoms. The van der Waals surface area contributed by atoms with E-state index in [9.17, 15) is 24.6 Å². The molecule has 1 aliphatic carbocycles. The first-order valence-corrected chi connectivity index (χ1v) is 10.5. The summed E-state index contributed by atoms with van der Waals surface area (Å²) in [5, 5.41) is 21.2. The summed E-state index contributed by atoms with van der Waals surface area (Å²) < 4.78 is 16.2. The molecule has 2 N–H and O–H groups in total. The van der Waals surface area contributed by atoms with Gasteiger partial charge in [-0.25, -0.2) is 0 Å². The van der Waals surface area contributed by atoms with Crippen molar-refractivity contribution in [2.45, 2.75) is 77.6 Å². The largest absolute Gasteiger partial charge is 0.504 e. The number of methoxy groups -OCH3 is 1. The van der Waals surface area contributed by atoms with Crippen molar-refractivity contribution in [3.8, 4) is 11.5 Å². The molecule has 0 unspecified atom stereocenters. The number of aliphatic hydroxyl groups is 1. The number of hydrogen-bond donors (Lipinski definition) is 2. The molecule has 1 saturated carbocycles. The van der Waals surface area contributed by atoms with Crippen molar-refractivity contribution in [3.63, 3.8) is 0 Å². The van der Waals surface area contributed by atoms with Gasteiger partial charge in [0, 0.05) is 12.3 Å². The molecule has 8 nitrogen and oxygen atoms in total. The van der Waals surface area contributed by atoms with Gasteiger partial charge in [-0.2, -0.15) is 0 Å². The third-order valence-electron chi connectivity index (χ3n) is 5.18. The first kappa shape index (κ1) is 25.6. The van der Waals surface area contributed by atoms with Crippen LogP contribution in [0.3, 0.4) is 0 Å². The number of ketones is 1. The SMILES string of the molecule is COc1cc([C@@H]2[C@H](C(=O)OC(C)(C)C)C(=O)C[C@@](C)(O)[C@@H]2C(=O)OC(C)(C)C)ccc1O. The second kappa shape index (κ2) is 8.73. The summed E-state index contributed by atoms with van der Waals surface area (Å²) in [5.41, 5.74) is -3.13. The molecule has 0 heterocycles. The smallest absolute Gasteiger partial charge is 0.317 e. The predicted octanol–water partition coefficient (Wildman–Crippen LogP) is 3.12. The molecule has 0 radical (unpaired) electrons. The number of Topliss-reactive ketones (excluding diaryl/α,β-unsaturated/α-hetero) is 1. The lowest BCUT2D eigenvalue weighted by molar-refractivity contribution is -0.182. The van der Waals surface area contributed by atoms with Crippen LogP contribution in [0, 0.1) is 11.8 Å². The second-order valence-electron chi connectivity index (χ2n) is 10.5. The number of ether oxygens (including phenoxy) is 3. The van der Waals surface area contributed by atoms with Crippen molar-refractivity contribution < 1.29 is 38.8 Å². The van der Waals surface area contributed by atoms with Gasteiger partial charge in [0.2, 0.25) is 0 Å². The maximum absolute atomic E-state index is 13.3. The Morgan fingerprint density at radius 2 is 1.56 bits per heavy atom. The Morgan fingerprint density at radius 1 is 1.03 bits per heavy atom. The number of carbonyl (C=O) groups excluding carboxylic acids is 3. The van der Waals surface area contributed by atoms with Crippen LogP contribution in [-0.4, -0.2) is 51.8 Å². The zero-order valence-corrected chi connectivity index (χ0v) is 20.0. The number of benzene rings is 1. The molecule has 0 aromatic heterocycles. The maximum Gasteiger partial charge on any atom is 0.317 e. The van der Waals surface area contributed by atoms with Crippen LogP contribution >= 0.6 is 0 Å². The number of hydrogen-bond acceptors (Lipinski definition) is 8. The molecule has 0 saturated heterocycles. The van der Waals surface area contributed by atoms with Crippen LogP contribution < -0.4 is 4.74 Å². The highest BCUT2D eigenvalue weighted by molar-refractivity contribution is 6.03. The van der Waals surface area contributed by atoms with Gasteiger partial charge >= 0.3 is 11.9 Å². The number of phenols is 1. The van der Waals surface area contributed by atoms with Gasteiger partial charge in [-0.1, -0.05) is 6.07 Å². The molecule has 1 fully saturated rings. The van der Waals surface area contributed by atoms with E-state index < -0.39 is 58.7 Å². The van der Waals surface area contributed by atoms with E-state index in [2.05, 4.69) is 0 Å². The summed E-state index contributed by atoms with van der Waals surface area (Å²) in [6.45, 7) is 11.5. The van der Waals surface area contributed by atoms with Crippen molar-refractivity contribution in [2.75, 3.05) is 7.11 Å². The Morgan fingerprint density at radius 3 is 2.06 bits per heavy atom. The number of rotatable bonds is 4. The average molecular weight is 451 g/mol. The van der Waals surface area contributed by atoms with E-state index in [0.717, 1.165) is 0 Å². The van der Waals surface area contributed by atoms with E-state index in [1.165, 1.54) is 32.2 Å². The summed E-state index contributed by atoms with van der Waals surface area (Å²) in [7, 11) is 1.36. The summed E-state index contributed by atoms with van der Waals surface area (Å²) in [6.07, 6.45) is -0.410. The molecule has 0 amide bonds. The first-order chi connectivity index (χ1) is 14.5. The Kier molecular flexibility index (Phi) is 7.00. The third kappa shape index (κ3) is 5.79. The highest BCUT2D eigenvalue weighted by Gasteiger charge is 2.58. The van der Waals surface area contributed by atoms with Crippen LogP contribution in [-0.2, 0) is 23.9 Å². The lowest BCUT2D eigenvalue weighted by Gasteiger charge is -2.44. The van der Waals surface area contributed by atoms with Crippen molar-refractivity contribution in [3.05, 3.63) is 23.8 Å². The van der Waals surface area contributed by atoms with E-state index in [-0.39, 0.29) is 11.5 Å². The standard InChI is InChI=1S/C24H34O8/c1-22(2,3)31-20(27)18-15(26)12-24(7,29)19(21(28)32-23(4,5)6)17(18)13-9-10-14(25)16(11-13)30-8/h9-11,17-19,25,29H,12H2,1-8H3/t17-,18-,19+,24-/m1/s1. The number of esters is 2. The fourth-order valence-electron chi connectivity index (χ4n) is 4.05. The Balaban J connectivity index is 2.70. The molecule has 4 atom stereocenters. The Labute approximate surface area is 188 Å². The average Bonchev–Trinajstić information content (AvgIpc) is 2.57. The normalized spacial score (nSPS) is 26.4. The molecule has 32 heavy (non-hydrogen) atoms. The quantitative estimate of drug-likeness (QED) is 0.530. The van der Waals surface area contributed by atoms with Crippen LogP contribution in [0.2, 0.25) is 0 Å². The lowest BCUT2D eigenvalue weighted by Crippen LogP contribution is -2.56. The van der Waals surface area contributed by atoms with Crippen LogP contribution in [0.25, 0.3) is 0 Å². The molecule has 1 aromatic carbocycles.